The van der Waals surface area contributed by atoms with Gasteiger partial charge >= 0.3 is 0 Å². The molecule has 18 heavy (non-hydrogen) atoms. The Morgan fingerprint density at radius 3 is 2.67 bits per heavy atom. The van der Waals surface area contributed by atoms with Crippen LogP contribution in [-0.4, -0.2) is 19.0 Å². The highest BCUT2D eigenvalue weighted by molar-refractivity contribution is 9.10. The highest BCUT2D eigenvalue weighted by Crippen LogP contribution is 2.39. The number of hydrogen-bond donors (Lipinski definition) is 2. The van der Waals surface area contributed by atoms with Gasteiger partial charge in [-0.3, -0.25) is 5.41 Å². The number of anilines is 1. The normalized spacial score (nSPS) is 15.4. The molecule has 98 valence electrons. The van der Waals surface area contributed by atoms with Gasteiger partial charge < -0.3 is 10.2 Å². The summed E-state index contributed by atoms with van der Waals surface area (Å²) in [6.45, 7) is 8.02. The molecule has 2 N–H and O–H groups in total. The van der Waals surface area contributed by atoms with E-state index >= 15 is 0 Å². The zero-order chi connectivity index (χ0) is 13.4. The molecule has 0 spiro atoms. The van der Waals surface area contributed by atoms with Gasteiger partial charge in [-0.25, -0.2) is 0 Å². The number of nitrogens with zero attached hydrogens (tertiary/aromatic N) is 1. The quantitative estimate of drug-likeness (QED) is 0.864. The molecule has 1 heterocycles. The van der Waals surface area contributed by atoms with Gasteiger partial charge in [-0.1, -0.05) is 25.4 Å². The summed E-state index contributed by atoms with van der Waals surface area (Å²) in [5, 5.41) is 11.6. The molecule has 0 amide bonds. The van der Waals surface area contributed by atoms with Gasteiger partial charge in [0.25, 0.3) is 0 Å². The van der Waals surface area contributed by atoms with Gasteiger partial charge in [-0.2, -0.15) is 0 Å². The number of benzene rings is 1. The van der Waals surface area contributed by atoms with Crippen molar-refractivity contribution >= 4 is 39.2 Å². The number of hydrogen-bond acceptors (Lipinski definition) is 1. The van der Waals surface area contributed by atoms with Crippen molar-refractivity contribution < 1.29 is 0 Å². The molecule has 0 saturated carbocycles. The average Bonchev–Trinajstić information content (AvgIpc) is 2.70. The first-order chi connectivity index (χ1) is 8.43. The second kappa shape index (κ2) is 5.10. The molecule has 1 fully saturated rings. The zero-order valence-electron chi connectivity index (χ0n) is 10.8. The maximum absolute atomic E-state index is 7.90. The van der Waals surface area contributed by atoms with Crippen LogP contribution in [0.2, 0.25) is 5.02 Å². The van der Waals surface area contributed by atoms with Crippen LogP contribution < -0.4 is 10.2 Å². The molecule has 0 radical (unpaired) electrons. The summed E-state index contributed by atoms with van der Waals surface area (Å²) in [5.41, 5.74) is 3.44. The van der Waals surface area contributed by atoms with E-state index in [1.54, 1.807) is 0 Å². The standard InChI is InChI=1S/C13H17BrClN3/c1-7(2)11-8(3)10(6-9(15)12(11)14)18-5-4-17-13(18)16/h6-7H,4-5H2,1-3H3,(H2,16,17). The minimum absolute atomic E-state index is 0.390. The van der Waals surface area contributed by atoms with Gasteiger partial charge in [0.2, 0.25) is 0 Å². The van der Waals surface area contributed by atoms with Crippen LogP contribution in [-0.2, 0) is 0 Å². The summed E-state index contributed by atoms with van der Waals surface area (Å²) >= 11 is 9.87. The van der Waals surface area contributed by atoms with E-state index in [2.05, 4.69) is 42.0 Å². The van der Waals surface area contributed by atoms with Crippen LogP contribution in [0.4, 0.5) is 5.69 Å². The van der Waals surface area contributed by atoms with Crippen LogP contribution in [0.25, 0.3) is 0 Å². The Morgan fingerprint density at radius 2 is 2.17 bits per heavy atom. The van der Waals surface area contributed by atoms with E-state index in [4.69, 9.17) is 17.0 Å². The van der Waals surface area contributed by atoms with Crippen molar-refractivity contribution in [2.24, 2.45) is 0 Å². The van der Waals surface area contributed by atoms with Crippen LogP contribution in [0.5, 0.6) is 0 Å². The van der Waals surface area contributed by atoms with Crippen molar-refractivity contribution in [3.05, 3.63) is 26.7 Å². The maximum atomic E-state index is 7.90. The first kappa shape index (κ1) is 13.7. The third-order valence-electron chi connectivity index (χ3n) is 3.26. The van der Waals surface area contributed by atoms with Crippen LogP contribution in [0.1, 0.15) is 30.9 Å². The minimum Gasteiger partial charge on any atom is -0.354 e. The van der Waals surface area contributed by atoms with Crippen molar-refractivity contribution in [2.75, 3.05) is 18.0 Å². The van der Waals surface area contributed by atoms with Crippen LogP contribution in [0.15, 0.2) is 10.5 Å². The number of guanidine groups is 1. The molecule has 1 aliphatic heterocycles. The van der Waals surface area contributed by atoms with E-state index < -0.39 is 0 Å². The first-order valence-electron chi connectivity index (χ1n) is 6.02. The average molecular weight is 331 g/mol. The summed E-state index contributed by atoms with van der Waals surface area (Å²) < 4.78 is 0.971. The Kier molecular flexibility index (Phi) is 3.87. The van der Waals surface area contributed by atoms with E-state index in [0.717, 1.165) is 23.2 Å². The second-order valence-electron chi connectivity index (χ2n) is 4.81. The van der Waals surface area contributed by atoms with Crippen LogP contribution in [0, 0.1) is 12.3 Å². The van der Waals surface area contributed by atoms with Crippen molar-refractivity contribution in [1.29, 1.82) is 5.41 Å². The molecule has 0 atom stereocenters. The molecular formula is C13H17BrClN3. The fraction of sp³-hybridized carbons (Fsp3) is 0.462. The highest BCUT2D eigenvalue weighted by Gasteiger charge is 2.23. The maximum Gasteiger partial charge on any atom is 0.195 e. The number of halogens is 2. The van der Waals surface area contributed by atoms with Gasteiger partial charge in [-0.15, -0.1) is 0 Å². The molecule has 0 bridgehead atoms. The summed E-state index contributed by atoms with van der Waals surface area (Å²) in [6.07, 6.45) is 0. The number of nitrogens with one attached hydrogen (secondary N) is 2. The molecule has 3 nitrogen and oxygen atoms in total. The molecule has 0 aromatic heterocycles. The molecule has 2 rings (SSSR count). The van der Waals surface area contributed by atoms with E-state index in [-0.39, 0.29) is 0 Å². The SMILES string of the molecule is Cc1c(N2CCNC2=N)cc(Cl)c(Br)c1C(C)C. The largest absolute Gasteiger partial charge is 0.354 e. The van der Waals surface area contributed by atoms with Crippen molar-refractivity contribution in [3.63, 3.8) is 0 Å². The summed E-state index contributed by atoms with van der Waals surface area (Å²) in [4.78, 5) is 1.97. The third kappa shape index (κ3) is 2.24. The zero-order valence-corrected chi connectivity index (χ0v) is 13.1. The fourth-order valence-electron chi connectivity index (χ4n) is 2.42. The lowest BCUT2D eigenvalue weighted by Gasteiger charge is -2.24. The molecular weight excluding hydrogens is 314 g/mol. The van der Waals surface area contributed by atoms with Gasteiger partial charge in [0, 0.05) is 23.2 Å². The van der Waals surface area contributed by atoms with E-state index in [0.29, 0.717) is 16.9 Å². The smallest absolute Gasteiger partial charge is 0.195 e. The lowest BCUT2D eigenvalue weighted by atomic mass is 9.96. The molecule has 0 aliphatic carbocycles. The molecule has 0 unspecified atom stereocenters. The second-order valence-corrected chi connectivity index (χ2v) is 6.01. The summed E-state index contributed by atoms with van der Waals surface area (Å²) in [6, 6.07) is 1.94. The fourth-order valence-corrected chi connectivity index (χ4v) is 3.50. The van der Waals surface area contributed by atoms with E-state index in [1.807, 2.05) is 11.0 Å². The minimum atomic E-state index is 0.390. The Hall–Kier alpha value is -0.740. The van der Waals surface area contributed by atoms with Crippen molar-refractivity contribution in [3.8, 4) is 0 Å². The molecule has 5 heteroatoms. The predicted molar refractivity (Wildman–Crippen MR) is 81.1 cm³/mol. The van der Waals surface area contributed by atoms with Gasteiger partial charge in [0.05, 0.1) is 5.02 Å². The molecule has 1 saturated heterocycles. The predicted octanol–water partition coefficient (Wildman–Crippen LogP) is 3.88. The summed E-state index contributed by atoms with van der Waals surface area (Å²) in [5.74, 6) is 0.841. The molecule has 1 aliphatic rings. The Bertz CT molecular complexity index is 499. The van der Waals surface area contributed by atoms with E-state index in [1.165, 1.54) is 11.1 Å². The number of rotatable bonds is 2. The molecule has 1 aromatic carbocycles. The summed E-state index contributed by atoms with van der Waals surface area (Å²) in [7, 11) is 0. The topological polar surface area (TPSA) is 39.1 Å². The first-order valence-corrected chi connectivity index (χ1v) is 7.19. The molecule has 1 aromatic rings. The van der Waals surface area contributed by atoms with Gasteiger partial charge in [0.15, 0.2) is 5.96 Å². The lowest BCUT2D eigenvalue weighted by Crippen LogP contribution is -2.29. The van der Waals surface area contributed by atoms with Crippen molar-refractivity contribution in [1.82, 2.24) is 5.32 Å². The Morgan fingerprint density at radius 1 is 1.50 bits per heavy atom. The van der Waals surface area contributed by atoms with Crippen LogP contribution >= 0.6 is 27.5 Å². The van der Waals surface area contributed by atoms with Gasteiger partial charge in [-0.05, 0) is 46.0 Å². The Labute approximate surface area is 121 Å². The third-order valence-corrected chi connectivity index (χ3v) is 4.64. The lowest BCUT2D eigenvalue weighted by molar-refractivity contribution is 0.848. The highest BCUT2D eigenvalue weighted by atomic mass is 79.9. The monoisotopic (exact) mass is 329 g/mol. The Balaban J connectivity index is 2.58. The van der Waals surface area contributed by atoms with Crippen LogP contribution in [0.3, 0.4) is 0 Å². The van der Waals surface area contributed by atoms with E-state index in [9.17, 15) is 0 Å². The van der Waals surface area contributed by atoms with Gasteiger partial charge in [0.1, 0.15) is 0 Å². The van der Waals surface area contributed by atoms with Crippen molar-refractivity contribution in [2.45, 2.75) is 26.7 Å².